The molecule has 3 heterocycles. The Morgan fingerprint density at radius 3 is 2.57 bits per heavy atom. The summed E-state index contributed by atoms with van der Waals surface area (Å²) in [5.74, 6) is 2.69. The van der Waals surface area contributed by atoms with Crippen LogP contribution in [-0.2, 0) is 13.1 Å². The van der Waals surface area contributed by atoms with Gasteiger partial charge in [0.1, 0.15) is 0 Å². The molecule has 0 bridgehead atoms. The van der Waals surface area contributed by atoms with Crippen LogP contribution in [0, 0.1) is 6.92 Å². The average molecular weight is 427 g/mol. The molecule has 0 spiro atoms. The van der Waals surface area contributed by atoms with Gasteiger partial charge >= 0.3 is 0 Å². The topological polar surface area (TPSA) is 63.9 Å². The van der Waals surface area contributed by atoms with Crippen molar-refractivity contribution in [2.75, 3.05) is 33.0 Å². The van der Waals surface area contributed by atoms with Gasteiger partial charge in [-0.2, -0.15) is 4.98 Å². The van der Waals surface area contributed by atoms with Crippen LogP contribution < -0.4 is 9.47 Å². The first-order valence-corrected chi connectivity index (χ1v) is 10.4. The quantitative estimate of drug-likeness (QED) is 0.615. The van der Waals surface area contributed by atoms with Crippen molar-refractivity contribution >= 4 is 11.6 Å². The van der Waals surface area contributed by atoms with Gasteiger partial charge in [0.15, 0.2) is 11.5 Å². The van der Waals surface area contributed by atoms with Crippen LogP contribution in [0.4, 0.5) is 0 Å². The van der Waals surface area contributed by atoms with Crippen LogP contribution in [0.5, 0.6) is 11.5 Å². The van der Waals surface area contributed by atoms with E-state index in [2.05, 4.69) is 32.9 Å². The Bertz CT molecular complexity index is 1050. The maximum Gasteiger partial charge on any atom is 0.241 e. The Morgan fingerprint density at radius 2 is 1.77 bits per heavy atom. The highest BCUT2D eigenvalue weighted by Crippen LogP contribution is 2.40. The van der Waals surface area contributed by atoms with Crippen LogP contribution in [0.3, 0.4) is 0 Å². The van der Waals surface area contributed by atoms with E-state index in [0.29, 0.717) is 29.0 Å². The predicted octanol–water partition coefficient (Wildman–Crippen LogP) is 3.74. The van der Waals surface area contributed by atoms with Crippen LogP contribution in [-0.4, -0.2) is 52.9 Å². The lowest BCUT2D eigenvalue weighted by Gasteiger charge is -2.33. The van der Waals surface area contributed by atoms with Crippen molar-refractivity contribution in [3.05, 3.63) is 58.4 Å². The molecule has 7 nitrogen and oxygen atoms in total. The monoisotopic (exact) mass is 426 g/mol. The number of nitrogens with zero attached hydrogens (tertiary/aromatic N) is 4. The zero-order valence-electron chi connectivity index (χ0n) is 16.8. The van der Waals surface area contributed by atoms with Gasteiger partial charge in [-0.05, 0) is 30.2 Å². The molecular formula is C22H23ClN4O3. The molecular weight excluding hydrogens is 404 g/mol. The first-order chi connectivity index (χ1) is 14.7. The number of hydrogen-bond acceptors (Lipinski definition) is 7. The number of hydrogen-bond donors (Lipinski definition) is 0. The molecule has 0 saturated carbocycles. The Kier molecular flexibility index (Phi) is 5.33. The maximum atomic E-state index is 6.31. The summed E-state index contributed by atoms with van der Waals surface area (Å²) in [6.45, 7) is 7.61. The predicted molar refractivity (Wildman–Crippen MR) is 113 cm³/mol. The van der Waals surface area contributed by atoms with Gasteiger partial charge in [-0.25, -0.2) is 0 Å². The van der Waals surface area contributed by atoms with Crippen LogP contribution in [0.25, 0.3) is 11.4 Å². The van der Waals surface area contributed by atoms with E-state index in [9.17, 15) is 0 Å². The number of aromatic nitrogens is 2. The van der Waals surface area contributed by atoms with Gasteiger partial charge in [0.2, 0.25) is 18.5 Å². The lowest BCUT2D eigenvalue weighted by atomic mass is 10.1. The van der Waals surface area contributed by atoms with Crippen molar-refractivity contribution in [2.45, 2.75) is 20.0 Å². The summed E-state index contributed by atoms with van der Waals surface area (Å²) in [5.41, 5.74) is 3.29. The number of ether oxygens (including phenoxy) is 2. The fraction of sp³-hybridized carbons (Fsp3) is 0.364. The summed E-state index contributed by atoms with van der Waals surface area (Å²) in [7, 11) is 0. The van der Waals surface area contributed by atoms with Crippen molar-refractivity contribution in [1.29, 1.82) is 0 Å². The maximum absolute atomic E-state index is 6.31. The van der Waals surface area contributed by atoms with Crippen LogP contribution in [0.1, 0.15) is 17.0 Å². The number of aryl methyl sites for hydroxylation is 1. The molecule has 1 aromatic heterocycles. The molecule has 0 N–H and O–H groups in total. The Balaban J connectivity index is 1.16. The van der Waals surface area contributed by atoms with Crippen molar-refractivity contribution in [3.8, 4) is 22.9 Å². The number of benzene rings is 2. The standard InChI is InChI=1S/C22H23ClN4O3/c1-15-4-2-3-5-17(15)22-24-20(30-25-22)13-27-8-6-26(7-9-27)12-16-10-18(23)21-19(11-16)28-14-29-21/h2-5,10-11H,6-9,12-14H2,1H3. The highest BCUT2D eigenvalue weighted by Gasteiger charge is 2.22. The molecule has 2 aromatic carbocycles. The lowest BCUT2D eigenvalue weighted by molar-refractivity contribution is 0.112. The number of halogens is 1. The van der Waals surface area contributed by atoms with Crippen molar-refractivity contribution in [3.63, 3.8) is 0 Å². The lowest BCUT2D eigenvalue weighted by Crippen LogP contribution is -2.45. The second kappa shape index (κ2) is 8.26. The van der Waals surface area contributed by atoms with Crippen LogP contribution in [0.2, 0.25) is 5.02 Å². The van der Waals surface area contributed by atoms with Crippen molar-refractivity contribution in [1.82, 2.24) is 19.9 Å². The second-order valence-corrected chi connectivity index (χ2v) is 8.10. The highest BCUT2D eigenvalue weighted by atomic mass is 35.5. The van der Waals surface area contributed by atoms with E-state index in [4.69, 9.17) is 25.6 Å². The molecule has 2 aliphatic rings. The second-order valence-electron chi connectivity index (χ2n) is 7.69. The van der Waals surface area contributed by atoms with E-state index in [1.165, 1.54) is 0 Å². The molecule has 0 unspecified atom stereocenters. The first kappa shape index (κ1) is 19.4. The Labute approximate surface area is 180 Å². The summed E-state index contributed by atoms with van der Waals surface area (Å²) in [4.78, 5) is 9.35. The third kappa shape index (κ3) is 4.01. The third-order valence-corrected chi connectivity index (χ3v) is 5.85. The summed E-state index contributed by atoms with van der Waals surface area (Å²) in [6, 6.07) is 12.1. The zero-order valence-corrected chi connectivity index (χ0v) is 17.6. The van der Waals surface area contributed by atoms with E-state index in [1.54, 1.807) is 0 Å². The minimum atomic E-state index is 0.235. The molecule has 2 aliphatic heterocycles. The molecule has 30 heavy (non-hydrogen) atoms. The smallest absolute Gasteiger partial charge is 0.241 e. The molecule has 0 atom stereocenters. The van der Waals surface area contributed by atoms with Crippen LogP contribution in [0.15, 0.2) is 40.9 Å². The molecule has 3 aromatic rings. The van der Waals surface area contributed by atoms with Gasteiger partial charge < -0.3 is 14.0 Å². The normalized spacial score (nSPS) is 16.9. The molecule has 1 saturated heterocycles. The minimum absolute atomic E-state index is 0.235. The van der Waals surface area contributed by atoms with E-state index in [1.807, 2.05) is 30.3 Å². The van der Waals surface area contributed by atoms with E-state index in [-0.39, 0.29) is 6.79 Å². The summed E-state index contributed by atoms with van der Waals surface area (Å²) < 4.78 is 16.4. The molecule has 0 aliphatic carbocycles. The number of piperazine rings is 1. The van der Waals surface area contributed by atoms with Crippen molar-refractivity contribution in [2.24, 2.45) is 0 Å². The highest BCUT2D eigenvalue weighted by molar-refractivity contribution is 6.32. The van der Waals surface area contributed by atoms with Gasteiger partial charge in [-0.1, -0.05) is 41.0 Å². The number of fused-ring (bicyclic) bond motifs is 1. The van der Waals surface area contributed by atoms with Crippen molar-refractivity contribution < 1.29 is 14.0 Å². The Hall–Kier alpha value is -2.61. The molecule has 8 heteroatoms. The molecule has 0 radical (unpaired) electrons. The zero-order chi connectivity index (χ0) is 20.5. The summed E-state index contributed by atoms with van der Waals surface area (Å²) in [6.07, 6.45) is 0. The van der Waals surface area contributed by atoms with E-state index in [0.717, 1.165) is 55.2 Å². The molecule has 1 fully saturated rings. The fourth-order valence-electron chi connectivity index (χ4n) is 3.92. The molecule has 0 amide bonds. The minimum Gasteiger partial charge on any atom is -0.454 e. The first-order valence-electron chi connectivity index (χ1n) is 10.1. The SMILES string of the molecule is Cc1ccccc1-c1noc(CN2CCN(Cc3cc(Cl)c4c(c3)OCO4)CC2)n1. The van der Waals surface area contributed by atoms with Gasteiger partial charge in [0.05, 0.1) is 11.6 Å². The third-order valence-electron chi connectivity index (χ3n) is 5.57. The summed E-state index contributed by atoms with van der Waals surface area (Å²) >= 11 is 6.31. The number of rotatable bonds is 5. The van der Waals surface area contributed by atoms with Crippen LogP contribution >= 0.6 is 11.6 Å². The van der Waals surface area contributed by atoms with Gasteiger partial charge in [0, 0.05) is 38.3 Å². The van der Waals surface area contributed by atoms with Gasteiger partial charge in [0.25, 0.3) is 0 Å². The van der Waals surface area contributed by atoms with Gasteiger partial charge in [-0.3, -0.25) is 9.80 Å². The molecule has 5 rings (SSSR count). The van der Waals surface area contributed by atoms with E-state index < -0.39 is 0 Å². The van der Waals surface area contributed by atoms with Gasteiger partial charge in [-0.15, -0.1) is 0 Å². The van der Waals surface area contributed by atoms with E-state index >= 15 is 0 Å². The fourth-order valence-corrected chi connectivity index (χ4v) is 4.21. The largest absolute Gasteiger partial charge is 0.454 e. The average Bonchev–Trinajstić information content (AvgIpc) is 3.40. The molecule has 156 valence electrons. The summed E-state index contributed by atoms with van der Waals surface area (Å²) in [5, 5.41) is 4.77. The Morgan fingerprint density at radius 1 is 1.00 bits per heavy atom.